The Hall–Kier alpha value is -3.36. The number of halogens is 1. The van der Waals surface area contributed by atoms with Crippen molar-refractivity contribution in [1.29, 1.82) is 0 Å². The number of fused-ring (bicyclic) bond motifs is 4. The molecule has 0 aliphatic carbocycles. The van der Waals surface area contributed by atoms with Crippen LogP contribution in [-0.2, 0) is 10.3 Å². The highest BCUT2D eigenvalue weighted by Crippen LogP contribution is 2.45. The lowest BCUT2D eigenvalue weighted by Gasteiger charge is -2.45. The van der Waals surface area contributed by atoms with E-state index in [1.165, 1.54) is 19.2 Å². The number of benzene rings is 2. The number of aromatic nitrogens is 1. The molecule has 1 aromatic heterocycles. The third-order valence-electron chi connectivity index (χ3n) is 7.47. The molecule has 3 aromatic rings. The molecule has 3 aliphatic heterocycles. The fourth-order valence-electron chi connectivity index (χ4n) is 5.38. The predicted octanol–water partition coefficient (Wildman–Crippen LogP) is 3.83. The standard InChI is InChI=1S/C27H27FN2O5/c1-33-22-13-17(4-6-20(22)25(31)18-15-34-16-18)26(32)29-11-8-27(9-12-29)24-3-2-10-30(24)21-7-5-19(28)14-23(21)35-27/h2-7,10,13-14,18,25,31H,8-9,11-12,15-16H2,1H3. The first-order chi connectivity index (χ1) is 17.0. The van der Waals surface area contributed by atoms with Gasteiger partial charge in [-0.25, -0.2) is 4.39 Å². The number of carbonyl (C=O) groups excluding carboxylic acids is 1. The second-order valence-corrected chi connectivity index (χ2v) is 9.46. The maximum Gasteiger partial charge on any atom is 0.253 e. The molecule has 3 aliphatic rings. The fourth-order valence-corrected chi connectivity index (χ4v) is 5.38. The van der Waals surface area contributed by atoms with Gasteiger partial charge in [-0.15, -0.1) is 0 Å². The molecule has 0 bridgehead atoms. The molecule has 4 heterocycles. The lowest BCUT2D eigenvalue weighted by atomic mass is 9.86. The van der Waals surface area contributed by atoms with Gasteiger partial charge in [-0.3, -0.25) is 4.79 Å². The van der Waals surface area contributed by atoms with E-state index in [1.807, 2.05) is 23.2 Å². The van der Waals surface area contributed by atoms with Crippen molar-refractivity contribution in [3.63, 3.8) is 0 Å². The smallest absolute Gasteiger partial charge is 0.253 e. The summed E-state index contributed by atoms with van der Waals surface area (Å²) < 4.78 is 33.1. The van der Waals surface area contributed by atoms with Crippen LogP contribution in [0, 0.1) is 11.7 Å². The first-order valence-electron chi connectivity index (χ1n) is 11.9. The number of amides is 1. The third-order valence-corrected chi connectivity index (χ3v) is 7.47. The Balaban J connectivity index is 1.21. The minimum absolute atomic E-state index is 0.0387. The number of nitrogens with zero attached hydrogens (tertiary/aromatic N) is 2. The zero-order valence-electron chi connectivity index (χ0n) is 19.4. The first-order valence-corrected chi connectivity index (χ1v) is 11.9. The van der Waals surface area contributed by atoms with E-state index in [9.17, 15) is 14.3 Å². The Morgan fingerprint density at radius 3 is 2.69 bits per heavy atom. The van der Waals surface area contributed by atoms with Crippen LogP contribution in [0.3, 0.4) is 0 Å². The zero-order valence-corrected chi connectivity index (χ0v) is 19.4. The van der Waals surface area contributed by atoms with E-state index in [2.05, 4.69) is 4.57 Å². The van der Waals surface area contributed by atoms with E-state index in [4.69, 9.17) is 14.2 Å². The van der Waals surface area contributed by atoms with Crippen LogP contribution in [-0.4, -0.2) is 53.9 Å². The molecule has 0 radical (unpaired) electrons. The van der Waals surface area contributed by atoms with Crippen molar-refractivity contribution < 1.29 is 28.5 Å². The number of rotatable bonds is 4. The fraction of sp³-hybridized carbons (Fsp3) is 0.370. The molecule has 1 atom stereocenters. The molecule has 1 N–H and O–H groups in total. The van der Waals surface area contributed by atoms with Crippen molar-refractivity contribution in [2.75, 3.05) is 33.4 Å². The lowest BCUT2D eigenvalue weighted by molar-refractivity contribution is -0.0928. The molecule has 2 aromatic carbocycles. The second-order valence-electron chi connectivity index (χ2n) is 9.46. The van der Waals surface area contributed by atoms with Gasteiger partial charge in [-0.1, -0.05) is 6.07 Å². The van der Waals surface area contributed by atoms with Gasteiger partial charge >= 0.3 is 0 Å². The van der Waals surface area contributed by atoms with Gasteiger partial charge in [0, 0.05) is 55.2 Å². The van der Waals surface area contributed by atoms with Crippen LogP contribution in [0.5, 0.6) is 11.5 Å². The molecule has 182 valence electrons. The summed E-state index contributed by atoms with van der Waals surface area (Å²) in [6, 6.07) is 13.8. The van der Waals surface area contributed by atoms with Gasteiger partial charge in [0.05, 0.1) is 37.8 Å². The Morgan fingerprint density at radius 1 is 1.17 bits per heavy atom. The number of ether oxygens (including phenoxy) is 3. The highest BCUT2D eigenvalue weighted by atomic mass is 19.1. The minimum atomic E-state index is -0.690. The summed E-state index contributed by atoms with van der Waals surface area (Å²) >= 11 is 0. The summed E-state index contributed by atoms with van der Waals surface area (Å²) in [7, 11) is 1.54. The number of carbonyl (C=O) groups is 1. The Bertz CT molecular complexity index is 1280. The maximum absolute atomic E-state index is 13.9. The summed E-state index contributed by atoms with van der Waals surface area (Å²) in [6.45, 7) is 2.04. The van der Waals surface area contributed by atoms with Gasteiger partial charge in [-0.05, 0) is 36.4 Å². The molecule has 35 heavy (non-hydrogen) atoms. The van der Waals surface area contributed by atoms with Gasteiger partial charge in [0.25, 0.3) is 5.91 Å². The topological polar surface area (TPSA) is 73.2 Å². The molecular formula is C27H27FN2O5. The van der Waals surface area contributed by atoms with E-state index in [-0.39, 0.29) is 17.6 Å². The molecule has 2 fully saturated rings. The van der Waals surface area contributed by atoms with Crippen LogP contribution in [0.4, 0.5) is 4.39 Å². The molecule has 1 amide bonds. The van der Waals surface area contributed by atoms with Gasteiger partial charge in [0.1, 0.15) is 17.3 Å². The number of hydrogen-bond donors (Lipinski definition) is 1. The second kappa shape index (κ2) is 8.39. The van der Waals surface area contributed by atoms with E-state index in [1.54, 1.807) is 24.3 Å². The van der Waals surface area contributed by atoms with Crippen LogP contribution >= 0.6 is 0 Å². The third kappa shape index (κ3) is 3.59. The van der Waals surface area contributed by atoms with Gasteiger partial charge in [-0.2, -0.15) is 0 Å². The van der Waals surface area contributed by atoms with Crippen LogP contribution < -0.4 is 9.47 Å². The quantitative estimate of drug-likeness (QED) is 0.617. The summed E-state index contributed by atoms with van der Waals surface area (Å²) in [4.78, 5) is 15.2. The highest BCUT2D eigenvalue weighted by molar-refractivity contribution is 5.95. The lowest BCUT2D eigenvalue weighted by Crippen LogP contribution is -2.50. The van der Waals surface area contributed by atoms with Crippen molar-refractivity contribution in [2.24, 2.45) is 5.92 Å². The molecule has 0 saturated carbocycles. The van der Waals surface area contributed by atoms with Crippen molar-refractivity contribution in [2.45, 2.75) is 24.5 Å². The summed E-state index contributed by atoms with van der Waals surface area (Å²) in [5, 5.41) is 10.6. The monoisotopic (exact) mass is 478 g/mol. The van der Waals surface area contributed by atoms with E-state index in [0.29, 0.717) is 61.8 Å². The van der Waals surface area contributed by atoms with Crippen LogP contribution in [0.25, 0.3) is 5.69 Å². The van der Waals surface area contributed by atoms with Crippen molar-refractivity contribution in [3.05, 3.63) is 77.4 Å². The van der Waals surface area contributed by atoms with E-state index in [0.717, 1.165) is 11.4 Å². The van der Waals surface area contributed by atoms with Crippen molar-refractivity contribution in [3.8, 4) is 17.2 Å². The van der Waals surface area contributed by atoms with E-state index < -0.39 is 11.7 Å². The van der Waals surface area contributed by atoms with Crippen LogP contribution in [0.1, 0.15) is 40.6 Å². The molecule has 1 spiro atoms. The minimum Gasteiger partial charge on any atom is -0.496 e. The van der Waals surface area contributed by atoms with Crippen molar-refractivity contribution in [1.82, 2.24) is 9.47 Å². The molecule has 1 unspecified atom stereocenters. The number of methoxy groups -OCH3 is 1. The van der Waals surface area contributed by atoms with Crippen LogP contribution in [0.2, 0.25) is 0 Å². The average Bonchev–Trinajstić information content (AvgIpc) is 3.34. The molecular weight excluding hydrogens is 451 g/mol. The number of hydrogen-bond acceptors (Lipinski definition) is 5. The Morgan fingerprint density at radius 2 is 1.97 bits per heavy atom. The Labute approximate surface area is 202 Å². The predicted molar refractivity (Wildman–Crippen MR) is 125 cm³/mol. The highest BCUT2D eigenvalue weighted by Gasteiger charge is 2.44. The summed E-state index contributed by atoms with van der Waals surface area (Å²) in [5.41, 5.74) is 2.40. The summed E-state index contributed by atoms with van der Waals surface area (Å²) in [5.74, 6) is 0.620. The number of likely N-dealkylation sites (tertiary alicyclic amines) is 1. The first kappa shape index (κ1) is 22.1. The number of piperidine rings is 1. The molecule has 6 rings (SSSR count). The van der Waals surface area contributed by atoms with E-state index >= 15 is 0 Å². The van der Waals surface area contributed by atoms with Gasteiger partial charge < -0.3 is 28.8 Å². The normalized spacial score (nSPS) is 19.3. The van der Waals surface area contributed by atoms with Crippen molar-refractivity contribution >= 4 is 5.91 Å². The Kier molecular flexibility index (Phi) is 5.30. The zero-order chi connectivity index (χ0) is 24.2. The molecule has 7 nitrogen and oxygen atoms in total. The number of aliphatic hydroxyl groups excluding tert-OH is 1. The van der Waals surface area contributed by atoms with Gasteiger partial charge in [0.15, 0.2) is 5.60 Å². The average molecular weight is 479 g/mol. The SMILES string of the molecule is COc1cc(C(=O)N2CCC3(CC2)Oc2cc(F)ccc2-n2cccc23)ccc1C(O)C1COC1. The van der Waals surface area contributed by atoms with Gasteiger partial charge in [0.2, 0.25) is 0 Å². The summed E-state index contributed by atoms with van der Waals surface area (Å²) in [6.07, 6.45) is 2.46. The largest absolute Gasteiger partial charge is 0.496 e. The molecule has 8 heteroatoms. The van der Waals surface area contributed by atoms with Crippen LogP contribution in [0.15, 0.2) is 54.7 Å². The number of aliphatic hydroxyl groups is 1. The maximum atomic E-state index is 13.9. The molecule has 2 saturated heterocycles.